The van der Waals surface area contributed by atoms with Crippen molar-refractivity contribution in [3.8, 4) is 5.69 Å². The molecule has 0 radical (unpaired) electrons. The Balaban J connectivity index is 1.35. The number of aromatic nitrogens is 6. The van der Waals surface area contributed by atoms with Gasteiger partial charge in [-0.25, -0.2) is 22.8 Å². The largest absolute Gasteiger partial charge is 0.351 e. The Kier molecular flexibility index (Phi) is 5.25. The Morgan fingerprint density at radius 1 is 1.06 bits per heavy atom. The van der Waals surface area contributed by atoms with Crippen molar-refractivity contribution in [3.63, 3.8) is 0 Å². The number of piperidine rings is 1. The van der Waals surface area contributed by atoms with E-state index in [1.807, 2.05) is 30.3 Å². The maximum absolute atomic E-state index is 12.8. The van der Waals surface area contributed by atoms with E-state index in [0.717, 1.165) is 5.69 Å². The molecule has 5 rings (SSSR count). The minimum absolute atomic E-state index is 0.0170. The second kappa shape index (κ2) is 8.12. The van der Waals surface area contributed by atoms with Crippen LogP contribution in [0.15, 0.2) is 58.6 Å². The first-order valence-corrected chi connectivity index (χ1v) is 12.0. The van der Waals surface area contributed by atoms with Gasteiger partial charge >= 0.3 is 5.69 Å². The molecule has 33 heavy (non-hydrogen) atoms. The SMILES string of the molecule is Cn1cc(S(=O)(=O)N2CCC(Nc3ncc4c(n3)n(-c3ccccc3)c(=O)n4C)CC2)cn1. The van der Waals surface area contributed by atoms with E-state index in [4.69, 9.17) is 0 Å². The summed E-state index contributed by atoms with van der Waals surface area (Å²) in [5.74, 6) is 0.409. The van der Waals surface area contributed by atoms with Crippen LogP contribution in [-0.4, -0.2) is 60.7 Å². The molecule has 1 saturated heterocycles. The van der Waals surface area contributed by atoms with Gasteiger partial charge in [0.05, 0.1) is 18.1 Å². The molecular formula is C21H24N8O3S. The van der Waals surface area contributed by atoms with Crippen LogP contribution in [0.4, 0.5) is 5.95 Å². The molecule has 0 unspecified atom stereocenters. The number of fused-ring (bicyclic) bond motifs is 1. The smallest absolute Gasteiger partial charge is 0.334 e. The number of sulfonamides is 1. The Bertz CT molecular complexity index is 1460. The van der Waals surface area contributed by atoms with Crippen molar-refractivity contribution in [1.29, 1.82) is 0 Å². The van der Waals surface area contributed by atoms with E-state index in [1.54, 1.807) is 24.9 Å². The van der Waals surface area contributed by atoms with Gasteiger partial charge in [0.15, 0.2) is 5.65 Å². The molecule has 0 aliphatic carbocycles. The molecule has 1 N–H and O–H groups in total. The quantitative estimate of drug-likeness (QED) is 0.466. The summed E-state index contributed by atoms with van der Waals surface area (Å²) in [4.78, 5) is 22.0. The monoisotopic (exact) mass is 468 g/mol. The van der Waals surface area contributed by atoms with Gasteiger partial charge in [0, 0.05) is 39.4 Å². The summed E-state index contributed by atoms with van der Waals surface area (Å²) in [7, 11) is -0.170. The molecule has 0 atom stereocenters. The lowest BCUT2D eigenvalue weighted by Crippen LogP contribution is -2.42. The molecular weight excluding hydrogens is 444 g/mol. The predicted octanol–water partition coefficient (Wildman–Crippen LogP) is 1.12. The van der Waals surface area contributed by atoms with Crippen LogP contribution in [0.25, 0.3) is 16.9 Å². The highest BCUT2D eigenvalue weighted by Crippen LogP contribution is 2.22. The number of hydrogen-bond donors (Lipinski definition) is 1. The molecule has 1 fully saturated rings. The Morgan fingerprint density at radius 2 is 1.79 bits per heavy atom. The van der Waals surface area contributed by atoms with E-state index in [2.05, 4.69) is 20.4 Å². The fraction of sp³-hybridized carbons (Fsp3) is 0.333. The van der Waals surface area contributed by atoms with Crippen LogP contribution in [0.3, 0.4) is 0 Å². The first-order valence-electron chi connectivity index (χ1n) is 10.6. The zero-order valence-corrected chi connectivity index (χ0v) is 19.1. The van der Waals surface area contributed by atoms with Crippen molar-refractivity contribution in [2.24, 2.45) is 14.1 Å². The fourth-order valence-electron chi connectivity index (χ4n) is 4.09. The van der Waals surface area contributed by atoms with Crippen LogP contribution in [0.5, 0.6) is 0 Å². The van der Waals surface area contributed by atoms with Gasteiger partial charge in [-0.2, -0.15) is 14.4 Å². The molecule has 0 saturated carbocycles. The molecule has 1 aromatic carbocycles. The minimum Gasteiger partial charge on any atom is -0.351 e. The summed E-state index contributed by atoms with van der Waals surface area (Å²) in [6.45, 7) is 0.772. The van der Waals surface area contributed by atoms with Crippen molar-refractivity contribution in [2.75, 3.05) is 18.4 Å². The Labute approximate surface area is 190 Å². The zero-order valence-electron chi connectivity index (χ0n) is 18.3. The molecule has 3 aromatic heterocycles. The molecule has 0 spiro atoms. The third-order valence-corrected chi connectivity index (χ3v) is 7.77. The average molecular weight is 469 g/mol. The number of nitrogens with zero attached hydrogens (tertiary/aromatic N) is 7. The maximum Gasteiger partial charge on any atom is 0.334 e. The van der Waals surface area contributed by atoms with E-state index < -0.39 is 10.0 Å². The van der Waals surface area contributed by atoms with Crippen LogP contribution < -0.4 is 11.0 Å². The summed E-state index contributed by atoms with van der Waals surface area (Å²) >= 11 is 0. The van der Waals surface area contributed by atoms with Gasteiger partial charge in [0.25, 0.3) is 0 Å². The van der Waals surface area contributed by atoms with E-state index in [-0.39, 0.29) is 16.6 Å². The van der Waals surface area contributed by atoms with Crippen molar-refractivity contribution in [1.82, 2.24) is 33.2 Å². The summed E-state index contributed by atoms with van der Waals surface area (Å²) in [6.07, 6.45) is 5.74. The van der Waals surface area contributed by atoms with E-state index in [0.29, 0.717) is 43.0 Å². The van der Waals surface area contributed by atoms with Crippen molar-refractivity contribution >= 4 is 27.1 Å². The number of rotatable bonds is 5. The molecule has 1 aliphatic heterocycles. The van der Waals surface area contributed by atoms with Gasteiger partial charge < -0.3 is 5.32 Å². The molecule has 0 bridgehead atoms. The maximum atomic E-state index is 12.8. The second-order valence-electron chi connectivity index (χ2n) is 8.09. The fourth-order valence-corrected chi connectivity index (χ4v) is 5.55. The van der Waals surface area contributed by atoms with Crippen molar-refractivity contribution in [3.05, 3.63) is 59.4 Å². The number of anilines is 1. The van der Waals surface area contributed by atoms with Crippen LogP contribution >= 0.6 is 0 Å². The molecule has 4 heterocycles. The van der Waals surface area contributed by atoms with E-state index >= 15 is 0 Å². The first kappa shape index (κ1) is 21.3. The van der Waals surface area contributed by atoms with Crippen LogP contribution in [0.1, 0.15) is 12.8 Å². The zero-order chi connectivity index (χ0) is 23.2. The van der Waals surface area contributed by atoms with Gasteiger partial charge in [-0.1, -0.05) is 18.2 Å². The summed E-state index contributed by atoms with van der Waals surface area (Å²) in [6, 6.07) is 9.36. The van der Waals surface area contributed by atoms with E-state index in [1.165, 1.54) is 25.9 Å². The number of nitrogens with one attached hydrogen (secondary N) is 1. The van der Waals surface area contributed by atoms with Crippen molar-refractivity contribution < 1.29 is 8.42 Å². The predicted molar refractivity (Wildman–Crippen MR) is 123 cm³/mol. The van der Waals surface area contributed by atoms with E-state index in [9.17, 15) is 13.2 Å². The van der Waals surface area contributed by atoms with Gasteiger partial charge in [-0.05, 0) is 25.0 Å². The van der Waals surface area contributed by atoms with Gasteiger partial charge in [0.2, 0.25) is 16.0 Å². The highest BCUT2D eigenvalue weighted by Gasteiger charge is 2.30. The summed E-state index contributed by atoms with van der Waals surface area (Å²) in [5, 5.41) is 7.28. The Hall–Kier alpha value is -3.51. The number of para-hydroxylation sites is 1. The molecule has 0 amide bonds. The third-order valence-electron chi connectivity index (χ3n) is 5.92. The van der Waals surface area contributed by atoms with Crippen LogP contribution in [0, 0.1) is 0 Å². The van der Waals surface area contributed by atoms with Crippen LogP contribution in [0.2, 0.25) is 0 Å². The normalized spacial score (nSPS) is 15.8. The number of aryl methyl sites for hydroxylation is 2. The topological polar surface area (TPSA) is 120 Å². The minimum atomic E-state index is -3.55. The lowest BCUT2D eigenvalue weighted by atomic mass is 10.1. The third kappa shape index (κ3) is 3.80. The molecule has 4 aromatic rings. The van der Waals surface area contributed by atoms with Gasteiger partial charge in [0.1, 0.15) is 10.4 Å². The lowest BCUT2D eigenvalue weighted by Gasteiger charge is -2.31. The highest BCUT2D eigenvalue weighted by molar-refractivity contribution is 7.89. The summed E-state index contributed by atoms with van der Waals surface area (Å²) < 4.78 is 31.7. The van der Waals surface area contributed by atoms with Gasteiger partial charge in [-0.15, -0.1) is 0 Å². The van der Waals surface area contributed by atoms with Crippen LogP contribution in [-0.2, 0) is 24.1 Å². The van der Waals surface area contributed by atoms with Gasteiger partial charge in [-0.3, -0.25) is 9.25 Å². The first-order chi connectivity index (χ1) is 15.8. The number of imidazole rings is 1. The summed E-state index contributed by atoms with van der Waals surface area (Å²) in [5.41, 5.74) is 1.68. The highest BCUT2D eigenvalue weighted by atomic mass is 32.2. The standard InChI is InChI=1S/C21H24N8O3S/c1-26-14-17(12-23-26)33(31,32)28-10-8-15(9-11-28)24-20-22-13-18-19(25-20)29(21(30)27(18)2)16-6-4-3-5-7-16/h3-7,12-15H,8-11H2,1-2H3,(H,22,24,25). The molecule has 1 aliphatic rings. The number of hydrogen-bond acceptors (Lipinski definition) is 7. The lowest BCUT2D eigenvalue weighted by molar-refractivity contribution is 0.329. The Morgan fingerprint density at radius 3 is 2.45 bits per heavy atom. The molecule has 172 valence electrons. The number of benzene rings is 1. The average Bonchev–Trinajstić information content (AvgIpc) is 3.36. The molecule has 12 heteroatoms. The molecule has 11 nitrogen and oxygen atoms in total. The second-order valence-corrected chi connectivity index (χ2v) is 10.0. The van der Waals surface area contributed by atoms with Crippen molar-refractivity contribution in [2.45, 2.75) is 23.8 Å².